The first-order valence-electron chi connectivity index (χ1n) is 8.96. The van der Waals surface area contributed by atoms with E-state index in [-0.39, 0.29) is 17.5 Å². The van der Waals surface area contributed by atoms with Gasteiger partial charge in [-0.15, -0.1) is 0 Å². The molecule has 0 heterocycles. The van der Waals surface area contributed by atoms with Crippen molar-refractivity contribution in [1.29, 1.82) is 0 Å². The molecule has 0 aliphatic heterocycles. The molecule has 0 fully saturated rings. The molecule has 0 unspecified atom stereocenters. The maximum absolute atomic E-state index is 12.3. The quantitative estimate of drug-likeness (QED) is 0.475. The third kappa shape index (κ3) is 9.13. The molecule has 0 bridgehead atoms. The molecule has 0 aliphatic rings. The van der Waals surface area contributed by atoms with Crippen molar-refractivity contribution in [2.24, 2.45) is 0 Å². The molecular weight excluding hydrogens is 300 g/mol. The minimum Gasteiger partial charge on any atom is -0.351 e. The Balaban J connectivity index is 2.40. The lowest BCUT2D eigenvalue weighted by atomic mass is 10.1. The van der Waals surface area contributed by atoms with Crippen molar-refractivity contribution >= 4 is 17.9 Å². The number of unbranched alkanes of at least 4 members (excludes halogenated alkanes) is 6. The van der Waals surface area contributed by atoms with Crippen molar-refractivity contribution in [3.05, 3.63) is 41.6 Å². The highest BCUT2D eigenvalue weighted by atomic mass is 16.2. The fraction of sp³-hybridized carbons (Fsp3) is 0.500. The first-order chi connectivity index (χ1) is 11.6. The molecule has 0 saturated heterocycles. The third-order valence-electron chi connectivity index (χ3n) is 3.73. The summed E-state index contributed by atoms with van der Waals surface area (Å²) in [6.45, 7) is 4.26. The zero-order chi connectivity index (χ0) is 17.6. The Morgan fingerprint density at radius 3 is 2.21 bits per heavy atom. The van der Waals surface area contributed by atoms with Crippen LogP contribution in [0.25, 0.3) is 6.08 Å². The van der Waals surface area contributed by atoms with Crippen LogP contribution in [-0.2, 0) is 9.59 Å². The van der Waals surface area contributed by atoms with Crippen LogP contribution in [0, 0.1) is 0 Å². The van der Waals surface area contributed by atoms with Gasteiger partial charge in [-0.2, -0.15) is 0 Å². The second-order valence-corrected chi connectivity index (χ2v) is 6.03. The van der Waals surface area contributed by atoms with Crippen LogP contribution in [0.4, 0.5) is 0 Å². The second-order valence-electron chi connectivity index (χ2n) is 6.03. The molecule has 0 spiro atoms. The Hall–Kier alpha value is -2.10. The summed E-state index contributed by atoms with van der Waals surface area (Å²) in [6, 6.07) is 9.49. The van der Waals surface area contributed by atoms with Crippen molar-refractivity contribution in [1.82, 2.24) is 10.6 Å². The van der Waals surface area contributed by atoms with Gasteiger partial charge in [-0.25, -0.2) is 0 Å². The summed E-state index contributed by atoms with van der Waals surface area (Å²) in [5.74, 6) is -0.483. The van der Waals surface area contributed by atoms with Gasteiger partial charge in [-0.3, -0.25) is 9.59 Å². The highest BCUT2D eigenvalue weighted by molar-refractivity contribution is 6.00. The molecule has 132 valence electrons. The van der Waals surface area contributed by atoms with Crippen molar-refractivity contribution in [3.8, 4) is 0 Å². The third-order valence-corrected chi connectivity index (χ3v) is 3.73. The van der Waals surface area contributed by atoms with Gasteiger partial charge in [0.15, 0.2) is 0 Å². The summed E-state index contributed by atoms with van der Waals surface area (Å²) in [5, 5.41) is 5.50. The zero-order valence-corrected chi connectivity index (χ0v) is 14.9. The van der Waals surface area contributed by atoms with Gasteiger partial charge < -0.3 is 10.6 Å². The summed E-state index contributed by atoms with van der Waals surface area (Å²) < 4.78 is 0. The van der Waals surface area contributed by atoms with E-state index in [0.717, 1.165) is 18.4 Å². The number of hydrogen-bond donors (Lipinski definition) is 2. The van der Waals surface area contributed by atoms with E-state index in [0.29, 0.717) is 6.54 Å². The van der Waals surface area contributed by atoms with Crippen LogP contribution >= 0.6 is 0 Å². The predicted octanol–water partition coefficient (Wildman–Crippen LogP) is 4.03. The lowest BCUT2D eigenvalue weighted by Gasteiger charge is -2.10. The minimum atomic E-state index is -0.247. The fourth-order valence-corrected chi connectivity index (χ4v) is 2.44. The molecule has 4 nitrogen and oxygen atoms in total. The topological polar surface area (TPSA) is 58.2 Å². The van der Waals surface area contributed by atoms with Crippen LogP contribution in [0.5, 0.6) is 0 Å². The van der Waals surface area contributed by atoms with Crippen molar-refractivity contribution in [2.45, 2.75) is 58.8 Å². The second kappa shape index (κ2) is 12.3. The summed E-state index contributed by atoms with van der Waals surface area (Å²) >= 11 is 0. The van der Waals surface area contributed by atoms with Gasteiger partial charge in [-0.05, 0) is 18.1 Å². The Kier molecular flexibility index (Phi) is 10.3. The van der Waals surface area contributed by atoms with E-state index in [1.165, 1.54) is 39.0 Å². The fourth-order valence-electron chi connectivity index (χ4n) is 2.44. The molecule has 24 heavy (non-hydrogen) atoms. The monoisotopic (exact) mass is 330 g/mol. The van der Waals surface area contributed by atoms with Crippen LogP contribution < -0.4 is 10.6 Å². The van der Waals surface area contributed by atoms with Gasteiger partial charge in [0.25, 0.3) is 5.91 Å². The van der Waals surface area contributed by atoms with E-state index in [1.807, 2.05) is 30.3 Å². The summed E-state index contributed by atoms with van der Waals surface area (Å²) in [5.41, 5.74) is 1.17. The van der Waals surface area contributed by atoms with E-state index in [2.05, 4.69) is 17.6 Å². The number of benzene rings is 1. The highest BCUT2D eigenvalue weighted by Gasteiger charge is 2.10. The SMILES string of the molecule is CCCCCCCCCNC(=O)/C(=C\c1ccccc1)NC(C)=O. The summed E-state index contributed by atoms with van der Waals surface area (Å²) in [6.07, 6.45) is 10.1. The van der Waals surface area contributed by atoms with Gasteiger partial charge in [0.05, 0.1) is 0 Å². The maximum Gasteiger partial charge on any atom is 0.267 e. The molecule has 2 amide bonds. The summed E-state index contributed by atoms with van der Waals surface area (Å²) in [4.78, 5) is 23.6. The number of nitrogens with one attached hydrogen (secondary N) is 2. The Bertz CT molecular complexity index is 524. The number of hydrogen-bond acceptors (Lipinski definition) is 2. The van der Waals surface area contributed by atoms with Gasteiger partial charge >= 0.3 is 0 Å². The Labute approximate surface area is 145 Å². The number of rotatable bonds is 11. The van der Waals surface area contributed by atoms with Crippen LogP contribution in [-0.4, -0.2) is 18.4 Å². The molecule has 0 aliphatic carbocycles. The lowest BCUT2D eigenvalue weighted by molar-refractivity contribution is -0.122. The molecule has 2 N–H and O–H groups in total. The maximum atomic E-state index is 12.3. The molecule has 1 aromatic carbocycles. The standard InChI is InChI=1S/C20H30N2O2/c1-3-4-5-6-7-8-12-15-21-20(24)19(22-17(2)23)16-18-13-10-9-11-14-18/h9-11,13-14,16H,3-8,12,15H2,1-2H3,(H,21,24)(H,22,23)/b19-16+. The number of carbonyl (C=O) groups excluding carboxylic acids is 2. The van der Waals surface area contributed by atoms with Gasteiger partial charge in [0, 0.05) is 13.5 Å². The number of amides is 2. The minimum absolute atomic E-state index is 0.236. The van der Waals surface area contributed by atoms with Crippen molar-refractivity contribution in [3.63, 3.8) is 0 Å². The van der Waals surface area contributed by atoms with Gasteiger partial charge in [0.2, 0.25) is 5.91 Å². The van der Waals surface area contributed by atoms with Crippen LogP contribution in [0.2, 0.25) is 0 Å². The normalized spacial score (nSPS) is 11.2. The van der Waals surface area contributed by atoms with Crippen molar-refractivity contribution < 1.29 is 9.59 Å². The van der Waals surface area contributed by atoms with E-state index in [9.17, 15) is 9.59 Å². The molecule has 0 saturated carbocycles. The first-order valence-corrected chi connectivity index (χ1v) is 8.96. The average molecular weight is 330 g/mol. The van der Waals surface area contributed by atoms with E-state index >= 15 is 0 Å². The van der Waals surface area contributed by atoms with Crippen LogP contribution in [0.1, 0.15) is 64.4 Å². The highest BCUT2D eigenvalue weighted by Crippen LogP contribution is 2.07. The van der Waals surface area contributed by atoms with Crippen molar-refractivity contribution in [2.75, 3.05) is 6.54 Å². The molecule has 1 rings (SSSR count). The molecule has 0 radical (unpaired) electrons. The lowest BCUT2D eigenvalue weighted by Crippen LogP contribution is -2.34. The predicted molar refractivity (Wildman–Crippen MR) is 99.2 cm³/mol. The van der Waals surface area contributed by atoms with E-state index in [1.54, 1.807) is 6.08 Å². The number of carbonyl (C=O) groups is 2. The van der Waals surface area contributed by atoms with Crippen LogP contribution in [0.3, 0.4) is 0 Å². The van der Waals surface area contributed by atoms with E-state index in [4.69, 9.17) is 0 Å². The smallest absolute Gasteiger partial charge is 0.267 e. The van der Waals surface area contributed by atoms with Gasteiger partial charge in [-0.1, -0.05) is 75.8 Å². The van der Waals surface area contributed by atoms with Gasteiger partial charge in [0.1, 0.15) is 5.70 Å². The van der Waals surface area contributed by atoms with E-state index < -0.39 is 0 Å². The molecule has 0 atom stereocenters. The van der Waals surface area contributed by atoms with Crippen LogP contribution in [0.15, 0.2) is 36.0 Å². The molecule has 0 aromatic heterocycles. The molecule has 4 heteroatoms. The Morgan fingerprint density at radius 2 is 1.58 bits per heavy atom. The molecule has 1 aromatic rings. The zero-order valence-electron chi connectivity index (χ0n) is 14.9. The largest absolute Gasteiger partial charge is 0.351 e. The Morgan fingerprint density at radius 1 is 0.958 bits per heavy atom. The first kappa shape index (κ1) is 19.9. The molecular formula is C20H30N2O2. The average Bonchev–Trinajstić information content (AvgIpc) is 2.57. The summed E-state index contributed by atoms with van der Waals surface area (Å²) in [7, 11) is 0.